The highest BCUT2D eigenvalue weighted by Gasteiger charge is 2.17. The topological polar surface area (TPSA) is 33.6 Å². The van der Waals surface area contributed by atoms with Crippen molar-refractivity contribution in [1.82, 2.24) is 9.13 Å². The van der Waals surface area contributed by atoms with Gasteiger partial charge in [0.25, 0.3) is 0 Å². The number of rotatable bonds is 4. The van der Waals surface area contributed by atoms with Crippen molar-refractivity contribution in [3.8, 4) is 39.7 Å². The van der Waals surface area contributed by atoms with Crippen LogP contribution >= 0.6 is 0 Å². The number of aromatic nitrogens is 2. The van der Waals surface area contributed by atoms with Gasteiger partial charge < -0.3 is 9.13 Å². The average Bonchev–Trinajstić information content (AvgIpc) is 3.65. The summed E-state index contributed by atoms with van der Waals surface area (Å²) < 4.78 is 4.64. The molecule has 0 atom stereocenters. The van der Waals surface area contributed by atoms with E-state index in [4.69, 9.17) is 0 Å². The monoisotopic (exact) mass is 599 g/mol. The lowest BCUT2D eigenvalue weighted by Crippen LogP contribution is -1.98. The lowest BCUT2D eigenvalue weighted by molar-refractivity contribution is 1.17. The van der Waals surface area contributed by atoms with E-state index in [1.54, 1.807) is 0 Å². The van der Waals surface area contributed by atoms with Crippen LogP contribution in [0.2, 0.25) is 0 Å². The molecule has 0 aliphatic rings. The highest BCUT2D eigenvalue weighted by atomic mass is 15.0. The number of hydrogen-bond donors (Lipinski definition) is 0. The molecule has 3 nitrogen and oxygen atoms in total. The van der Waals surface area contributed by atoms with Gasteiger partial charge in [-0.2, -0.15) is 5.26 Å². The zero-order chi connectivity index (χ0) is 31.5. The Kier molecular flexibility index (Phi) is 6.10. The third kappa shape index (κ3) is 4.20. The number of fused-ring (bicyclic) bond motifs is 6. The van der Waals surface area contributed by atoms with Gasteiger partial charge in [-0.15, -0.1) is 0 Å². The van der Waals surface area contributed by atoms with Gasteiger partial charge in [0.15, 0.2) is 0 Å². The summed E-state index contributed by atoms with van der Waals surface area (Å²) in [6.45, 7) is 2.14. The van der Waals surface area contributed by atoms with Crippen LogP contribution in [0.25, 0.3) is 77.2 Å². The Hall–Kier alpha value is -6.37. The van der Waals surface area contributed by atoms with Crippen LogP contribution in [-0.4, -0.2) is 9.13 Å². The predicted molar refractivity (Wildman–Crippen MR) is 195 cm³/mol. The van der Waals surface area contributed by atoms with Crippen LogP contribution in [0.4, 0.5) is 0 Å². The molecule has 220 valence electrons. The van der Waals surface area contributed by atoms with Crippen molar-refractivity contribution in [1.29, 1.82) is 5.26 Å². The first-order chi connectivity index (χ1) is 23.2. The van der Waals surface area contributed by atoms with E-state index in [0.29, 0.717) is 5.56 Å². The summed E-state index contributed by atoms with van der Waals surface area (Å²) >= 11 is 0. The minimum atomic E-state index is 0.674. The van der Waals surface area contributed by atoms with Crippen LogP contribution in [0.1, 0.15) is 11.1 Å². The van der Waals surface area contributed by atoms with E-state index in [1.807, 2.05) is 12.1 Å². The fourth-order valence-corrected chi connectivity index (χ4v) is 7.37. The van der Waals surface area contributed by atoms with Crippen LogP contribution in [-0.2, 0) is 0 Å². The Morgan fingerprint density at radius 2 is 1.02 bits per heavy atom. The normalized spacial score (nSPS) is 11.5. The van der Waals surface area contributed by atoms with Crippen LogP contribution in [0.3, 0.4) is 0 Å². The second-order valence-corrected chi connectivity index (χ2v) is 12.2. The first kappa shape index (κ1) is 27.0. The predicted octanol–water partition coefficient (Wildman–Crippen LogP) is 11.4. The van der Waals surface area contributed by atoms with E-state index in [0.717, 1.165) is 44.3 Å². The molecule has 3 heteroatoms. The van der Waals surface area contributed by atoms with E-state index in [-0.39, 0.29) is 0 Å². The number of nitriles is 1. The molecule has 2 aromatic heterocycles. The fourth-order valence-electron chi connectivity index (χ4n) is 7.37. The molecule has 9 aromatic rings. The Labute approximate surface area is 272 Å². The third-order valence-electron chi connectivity index (χ3n) is 9.39. The smallest absolute Gasteiger partial charge is 0.101 e. The second-order valence-electron chi connectivity index (χ2n) is 12.2. The molecule has 0 saturated heterocycles. The zero-order valence-corrected chi connectivity index (χ0v) is 25.9. The maximum Gasteiger partial charge on any atom is 0.101 e. The molecule has 2 heterocycles. The standard InChI is InChI=1S/C44H29N3/c1-29-25-33(27-34(26-29)46-41-18-7-5-15-38(41)39-16-10-11-32(28-45)44(39)46)30-21-23-31(24-22-30)35-12-2-6-17-40(35)47-42-19-8-3-13-36(42)37-14-4-9-20-43(37)47/h2-27H,1H3. The minimum Gasteiger partial charge on any atom is -0.309 e. The summed E-state index contributed by atoms with van der Waals surface area (Å²) in [7, 11) is 0. The molecule has 0 saturated carbocycles. The Bertz CT molecular complexity index is 2640. The Morgan fingerprint density at radius 1 is 0.468 bits per heavy atom. The Balaban J connectivity index is 1.17. The number of hydrogen-bond acceptors (Lipinski definition) is 1. The molecule has 0 N–H and O–H groups in total. The second kappa shape index (κ2) is 10.6. The molecular weight excluding hydrogens is 571 g/mol. The Morgan fingerprint density at radius 3 is 1.70 bits per heavy atom. The molecule has 7 aromatic carbocycles. The summed E-state index contributed by atoms with van der Waals surface area (Å²) in [5, 5.41) is 14.8. The van der Waals surface area contributed by atoms with Gasteiger partial charge >= 0.3 is 0 Å². The van der Waals surface area contributed by atoms with Gasteiger partial charge in [0.2, 0.25) is 0 Å². The molecule has 0 aliphatic carbocycles. The summed E-state index contributed by atoms with van der Waals surface area (Å²) in [5.41, 5.74) is 13.1. The van der Waals surface area contributed by atoms with Crippen molar-refractivity contribution < 1.29 is 0 Å². The third-order valence-corrected chi connectivity index (χ3v) is 9.39. The van der Waals surface area contributed by atoms with Crippen LogP contribution < -0.4 is 0 Å². The maximum absolute atomic E-state index is 10.1. The molecule has 0 bridgehead atoms. The zero-order valence-electron chi connectivity index (χ0n) is 25.9. The molecule has 0 spiro atoms. The van der Waals surface area contributed by atoms with Crippen molar-refractivity contribution in [2.75, 3.05) is 0 Å². The van der Waals surface area contributed by atoms with Crippen molar-refractivity contribution in [3.05, 3.63) is 169 Å². The number of nitrogens with zero attached hydrogens (tertiary/aromatic N) is 3. The highest BCUT2D eigenvalue weighted by Crippen LogP contribution is 2.38. The van der Waals surface area contributed by atoms with Gasteiger partial charge in [-0.3, -0.25) is 0 Å². The molecule has 0 radical (unpaired) electrons. The number of aryl methyl sites for hydroxylation is 1. The van der Waals surface area contributed by atoms with E-state index < -0.39 is 0 Å². The van der Waals surface area contributed by atoms with Gasteiger partial charge in [0, 0.05) is 32.8 Å². The molecule has 47 heavy (non-hydrogen) atoms. The fraction of sp³-hybridized carbons (Fsp3) is 0.0227. The van der Waals surface area contributed by atoms with Crippen LogP contribution in [0.5, 0.6) is 0 Å². The summed E-state index contributed by atoms with van der Waals surface area (Å²) in [4.78, 5) is 0. The van der Waals surface area contributed by atoms with Crippen molar-refractivity contribution in [2.45, 2.75) is 6.92 Å². The van der Waals surface area contributed by atoms with E-state index in [1.165, 1.54) is 38.5 Å². The van der Waals surface area contributed by atoms with E-state index >= 15 is 0 Å². The van der Waals surface area contributed by atoms with Crippen molar-refractivity contribution >= 4 is 43.6 Å². The molecule has 9 rings (SSSR count). The first-order valence-corrected chi connectivity index (χ1v) is 15.9. The molecule has 0 aliphatic heterocycles. The van der Waals surface area contributed by atoms with Gasteiger partial charge in [0.05, 0.1) is 33.3 Å². The molecular formula is C44H29N3. The van der Waals surface area contributed by atoms with Gasteiger partial charge in [-0.05, 0) is 71.6 Å². The van der Waals surface area contributed by atoms with Gasteiger partial charge in [-0.25, -0.2) is 0 Å². The van der Waals surface area contributed by atoms with Gasteiger partial charge in [-0.1, -0.05) is 115 Å². The minimum absolute atomic E-state index is 0.674. The molecule has 0 amide bonds. The SMILES string of the molecule is Cc1cc(-c2ccc(-c3ccccc3-n3c4ccccc4c4ccccc43)cc2)cc(-n2c3ccccc3c3cccc(C#N)c32)c1. The van der Waals surface area contributed by atoms with Crippen molar-refractivity contribution in [3.63, 3.8) is 0 Å². The van der Waals surface area contributed by atoms with Crippen LogP contribution in [0.15, 0.2) is 158 Å². The van der Waals surface area contributed by atoms with Crippen molar-refractivity contribution in [2.24, 2.45) is 0 Å². The van der Waals surface area contributed by atoms with E-state index in [2.05, 4.69) is 168 Å². The van der Waals surface area contributed by atoms with Gasteiger partial charge in [0.1, 0.15) is 6.07 Å². The average molecular weight is 600 g/mol. The van der Waals surface area contributed by atoms with Crippen LogP contribution in [0, 0.1) is 18.3 Å². The van der Waals surface area contributed by atoms with E-state index in [9.17, 15) is 5.26 Å². The lowest BCUT2D eigenvalue weighted by atomic mass is 9.97. The quantitative estimate of drug-likeness (QED) is 0.198. The maximum atomic E-state index is 10.1. The number of benzene rings is 7. The highest BCUT2D eigenvalue weighted by molar-refractivity contribution is 6.11. The molecule has 0 fully saturated rings. The summed E-state index contributed by atoms with van der Waals surface area (Å²) in [6.07, 6.45) is 0. The summed E-state index contributed by atoms with van der Waals surface area (Å²) in [5.74, 6) is 0. The first-order valence-electron chi connectivity index (χ1n) is 15.9. The lowest BCUT2D eigenvalue weighted by Gasteiger charge is -2.15. The molecule has 0 unspecified atom stereocenters. The number of para-hydroxylation sites is 5. The summed E-state index contributed by atoms with van der Waals surface area (Å²) in [6, 6.07) is 58.4. The largest absolute Gasteiger partial charge is 0.309 e.